The van der Waals surface area contributed by atoms with Crippen LogP contribution in [-0.4, -0.2) is 33.2 Å². The van der Waals surface area contributed by atoms with Crippen LogP contribution in [0.1, 0.15) is 32.7 Å². The molecule has 0 amide bonds. The number of aromatic carboxylic acids is 2. The fraction of sp³-hybridized carbons (Fsp3) is 0.182. The minimum absolute atomic E-state index is 0.133. The number of carboxylic acid groups (broad SMARTS) is 3. The number of carbonyl (C=O) groups is 3. The second kappa shape index (κ2) is 5.11. The van der Waals surface area contributed by atoms with Crippen molar-refractivity contribution in [3.8, 4) is 0 Å². The molecule has 0 aliphatic heterocycles. The van der Waals surface area contributed by atoms with E-state index in [0.717, 1.165) is 0 Å². The normalized spacial score (nSPS) is 9.88. The minimum atomic E-state index is -1.35. The standard InChI is InChI=1S/C11H10O6/c12-9(13)4-2-6-1-3-7(10(14)15)8(5-6)11(16)17/h1,3,5H,2,4H2,(H,12,13)(H,14,15)(H,16,17). The number of carboxylic acids is 3. The van der Waals surface area contributed by atoms with Gasteiger partial charge in [-0.25, -0.2) is 9.59 Å². The Kier molecular flexibility index (Phi) is 3.82. The fourth-order valence-corrected chi connectivity index (χ4v) is 1.36. The first kappa shape index (κ1) is 12.7. The highest BCUT2D eigenvalue weighted by molar-refractivity contribution is 6.01. The number of benzene rings is 1. The zero-order valence-electron chi connectivity index (χ0n) is 8.71. The molecule has 90 valence electrons. The fourth-order valence-electron chi connectivity index (χ4n) is 1.36. The highest BCUT2D eigenvalue weighted by Crippen LogP contribution is 2.14. The lowest BCUT2D eigenvalue weighted by Gasteiger charge is -2.04. The molecule has 3 N–H and O–H groups in total. The van der Waals surface area contributed by atoms with Crippen molar-refractivity contribution in [2.45, 2.75) is 12.8 Å². The monoisotopic (exact) mass is 238 g/mol. The molecule has 0 radical (unpaired) electrons. The Balaban J connectivity index is 3.05. The van der Waals surface area contributed by atoms with Crippen LogP contribution in [0.25, 0.3) is 0 Å². The van der Waals surface area contributed by atoms with Gasteiger partial charge in [0.05, 0.1) is 11.1 Å². The molecule has 0 aromatic heterocycles. The Bertz CT molecular complexity index is 477. The van der Waals surface area contributed by atoms with Crippen LogP contribution in [0.3, 0.4) is 0 Å². The third-order valence-corrected chi connectivity index (χ3v) is 2.17. The average molecular weight is 238 g/mol. The Labute approximate surface area is 96.1 Å². The summed E-state index contributed by atoms with van der Waals surface area (Å²) in [6.07, 6.45) is 0.0288. The van der Waals surface area contributed by atoms with E-state index < -0.39 is 17.9 Å². The van der Waals surface area contributed by atoms with Crippen molar-refractivity contribution in [2.24, 2.45) is 0 Å². The topological polar surface area (TPSA) is 112 Å². The van der Waals surface area contributed by atoms with E-state index in [1.807, 2.05) is 0 Å². The van der Waals surface area contributed by atoms with Crippen molar-refractivity contribution >= 4 is 17.9 Å². The van der Waals surface area contributed by atoms with Crippen LogP contribution in [0, 0.1) is 0 Å². The first-order valence-corrected chi connectivity index (χ1v) is 4.73. The summed E-state index contributed by atoms with van der Waals surface area (Å²) in [6, 6.07) is 3.77. The van der Waals surface area contributed by atoms with E-state index in [1.54, 1.807) is 0 Å². The summed E-state index contributed by atoms with van der Waals surface area (Å²) in [4.78, 5) is 31.9. The summed E-state index contributed by atoms with van der Waals surface area (Å²) in [7, 11) is 0. The molecule has 0 spiro atoms. The Morgan fingerprint density at radius 1 is 0.941 bits per heavy atom. The van der Waals surface area contributed by atoms with Crippen LogP contribution in [0.15, 0.2) is 18.2 Å². The van der Waals surface area contributed by atoms with Gasteiger partial charge < -0.3 is 15.3 Å². The summed E-state index contributed by atoms with van der Waals surface area (Å²) in [5.74, 6) is -3.67. The van der Waals surface area contributed by atoms with Gasteiger partial charge in [0.25, 0.3) is 0 Å². The van der Waals surface area contributed by atoms with E-state index in [1.165, 1.54) is 18.2 Å². The second-order valence-corrected chi connectivity index (χ2v) is 3.38. The molecule has 1 aromatic carbocycles. The van der Waals surface area contributed by atoms with E-state index >= 15 is 0 Å². The van der Waals surface area contributed by atoms with Gasteiger partial charge in [-0.2, -0.15) is 0 Å². The van der Waals surface area contributed by atoms with Crippen molar-refractivity contribution in [2.75, 3.05) is 0 Å². The molecule has 6 nitrogen and oxygen atoms in total. The summed E-state index contributed by atoms with van der Waals surface area (Å²) in [5, 5.41) is 26.1. The van der Waals surface area contributed by atoms with Crippen LogP contribution in [-0.2, 0) is 11.2 Å². The predicted octanol–water partition coefficient (Wildman–Crippen LogP) is 1.10. The summed E-state index contributed by atoms with van der Waals surface area (Å²) >= 11 is 0. The van der Waals surface area contributed by atoms with Gasteiger partial charge >= 0.3 is 17.9 Å². The quantitative estimate of drug-likeness (QED) is 0.708. The molecule has 0 fully saturated rings. The molecule has 0 heterocycles. The third kappa shape index (κ3) is 3.30. The summed E-state index contributed by atoms with van der Waals surface area (Å²) in [6.45, 7) is 0. The maximum atomic E-state index is 10.8. The van der Waals surface area contributed by atoms with E-state index in [-0.39, 0.29) is 24.0 Å². The molecule has 6 heteroatoms. The molecule has 0 aliphatic rings. The zero-order chi connectivity index (χ0) is 13.0. The van der Waals surface area contributed by atoms with E-state index in [0.29, 0.717) is 5.56 Å². The Morgan fingerprint density at radius 2 is 1.53 bits per heavy atom. The van der Waals surface area contributed by atoms with Gasteiger partial charge in [0.1, 0.15) is 0 Å². The number of rotatable bonds is 5. The maximum absolute atomic E-state index is 10.8. The second-order valence-electron chi connectivity index (χ2n) is 3.38. The van der Waals surface area contributed by atoms with Gasteiger partial charge in [0.2, 0.25) is 0 Å². The van der Waals surface area contributed by atoms with Gasteiger partial charge in [-0.1, -0.05) is 6.07 Å². The number of hydrogen-bond donors (Lipinski definition) is 3. The van der Waals surface area contributed by atoms with Gasteiger partial charge in [-0.05, 0) is 24.1 Å². The van der Waals surface area contributed by atoms with Crippen LogP contribution in [0.4, 0.5) is 0 Å². The van der Waals surface area contributed by atoms with Gasteiger partial charge in [-0.15, -0.1) is 0 Å². The Hall–Kier alpha value is -2.37. The van der Waals surface area contributed by atoms with Gasteiger partial charge in [-0.3, -0.25) is 4.79 Å². The van der Waals surface area contributed by atoms with Crippen LogP contribution in [0.2, 0.25) is 0 Å². The molecule has 0 atom stereocenters. The van der Waals surface area contributed by atoms with Crippen molar-refractivity contribution in [1.29, 1.82) is 0 Å². The van der Waals surface area contributed by atoms with Crippen molar-refractivity contribution in [3.05, 3.63) is 34.9 Å². The first-order valence-electron chi connectivity index (χ1n) is 4.73. The summed E-state index contributed by atoms with van der Waals surface area (Å²) in [5.41, 5.74) is -0.160. The predicted molar refractivity (Wildman–Crippen MR) is 56.3 cm³/mol. The summed E-state index contributed by atoms with van der Waals surface area (Å²) < 4.78 is 0. The number of aryl methyl sites for hydroxylation is 1. The molecular formula is C11H10O6. The number of hydrogen-bond acceptors (Lipinski definition) is 3. The lowest BCUT2D eigenvalue weighted by molar-refractivity contribution is -0.136. The lowest BCUT2D eigenvalue weighted by Crippen LogP contribution is -2.09. The molecule has 0 saturated carbocycles. The molecule has 0 bridgehead atoms. The molecule has 17 heavy (non-hydrogen) atoms. The molecule has 0 aliphatic carbocycles. The van der Waals surface area contributed by atoms with Crippen molar-refractivity contribution in [3.63, 3.8) is 0 Å². The van der Waals surface area contributed by atoms with Crippen LogP contribution in [0.5, 0.6) is 0 Å². The zero-order valence-corrected chi connectivity index (χ0v) is 8.71. The van der Waals surface area contributed by atoms with E-state index in [4.69, 9.17) is 15.3 Å². The molecule has 1 rings (SSSR count). The first-order chi connectivity index (χ1) is 7.91. The minimum Gasteiger partial charge on any atom is -0.481 e. The lowest BCUT2D eigenvalue weighted by atomic mass is 10.0. The van der Waals surface area contributed by atoms with Gasteiger partial charge in [0, 0.05) is 6.42 Å². The molecule has 1 aromatic rings. The molecular weight excluding hydrogens is 228 g/mol. The van der Waals surface area contributed by atoms with Crippen molar-refractivity contribution < 1.29 is 29.7 Å². The molecule has 0 saturated heterocycles. The largest absolute Gasteiger partial charge is 0.481 e. The Morgan fingerprint density at radius 3 is 2.00 bits per heavy atom. The van der Waals surface area contributed by atoms with Crippen molar-refractivity contribution in [1.82, 2.24) is 0 Å². The van der Waals surface area contributed by atoms with Crippen LogP contribution >= 0.6 is 0 Å². The van der Waals surface area contributed by atoms with Crippen LogP contribution < -0.4 is 0 Å². The molecule has 0 unspecified atom stereocenters. The maximum Gasteiger partial charge on any atom is 0.336 e. The average Bonchev–Trinajstić information content (AvgIpc) is 2.25. The van der Waals surface area contributed by atoms with Gasteiger partial charge in [0.15, 0.2) is 0 Å². The van der Waals surface area contributed by atoms with E-state index in [9.17, 15) is 14.4 Å². The SMILES string of the molecule is O=C(O)CCc1ccc(C(=O)O)c(C(=O)O)c1. The smallest absolute Gasteiger partial charge is 0.336 e. The van der Waals surface area contributed by atoms with E-state index in [2.05, 4.69) is 0 Å². The highest BCUT2D eigenvalue weighted by Gasteiger charge is 2.16. The third-order valence-electron chi connectivity index (χ3n) is 2.17. The number of aliphatic carboxylic acids is 1. The highest BCUT2D eigenvalue weighted by atomic mass is 16.4.